The zero-order chi connectivity index (χ0) is 17.6. The minimum Gasteiger partial charge on any atom is -0.455 e. The molecule has 130 valence electrons. The van der Waals surface area contributed by atoms with Crippen molar-refractivity contribution in [2.24, 2.45) is 0 Å². The van der Waals surface area contributed by atoms with Gasteiger partial charge in [-0.3, -0.25) is 9.59 Å². The van der Waals surface area contributed by atoms with Crippen LogP contribution in [0.25, 0.3) is 0 Å². The summed E-state index contributed by atoms with van der Waals surface area (Å²) < 4.78 is 5.21. The van der Waals surface area contributed by atoms with E-state index >= 15 is 0 Å². The fourth-order valence-electron chi connectivity index (χ4n) is 2.78. The average molecular weight is 355 g/mol. The fourth-order valence-corrected chi connectivity index (χ4v) is 3.89. The van der Waals surface area contributed by atoms with Crippen LogP contribution in [0.15, 0.2) is 59.5 Å². The maximum Gasteiger partial charge on any atom is 0.310 e. The summed E-state index contributed by atoms with van der Waals surface area (Å²) in [5.41, 5.74) is 1.78. The maximum absolute atomic E-state index is 12.6. The largest absolute Gasteiger partial charge is 0.455 e. The van der Waals surface area contributed by atoms with Crippen molar-refractivity contribution < 1.29 is 14.3 Å². The molecule has 0 bridgehead atoms. The summed E-state index contributed by atoms with van der Waals surface area (Å²) in [5, 5.41) is 0.444. The van der Waals surface area contributed by atoms with Gasteiger partial charge in [0.2, 0.25) is 0 Å². The van der Waals surface area contributed by atoms with Gasteiger partial charge in [-0.25, -0.2) is 0 Å². The summed E-state index contributed by atoms with van der Waals surface area (Å²) in [5.74, 6) is -0.561. The van der Waals surface area contributed by atoms with Crippen LogP contribution in [0, 0.1) is 0 Å². The molecule has 0 aliphatic carbocycles. The molecule has 0 spiro atoms. The van der Waals surface area contributed by atoms with E-state index in [4.69, 9.17) is 4.74 Å². The molecule has 1 heterocycles. The van der Waals surface area contributed by atoms with Gasteiger partial charge in [0.05, 0.1) is 12.1 Å². The van der Waals surface area contributed by atoms with Crippen molar-refractivity contribution in [1.82, 2.24) is 0 Å². The Morgan fingerprint density at radius 2 is 1.84 bits per heavy atom. The minimum absolute atomic E-state index is 0.177. The van der Waals surface area contributed by atoms with E-state index in [0.717, 1.165) is 22.6 Å². The normalized spacial score (nSPS) is 16.7. The van der Waals surface area contributed by atoms with E-state index in [0.29, 0.717) is 11.8 Å². The summed E-state index contributed by atoms with van der Waals surface area (Å²) in [6, 6.07) is 17.3. The van der Waals surface area contributed by atoms with Gasteiger partial charge in [0.25, 0.3) is 5.91 Å². The smallest absolute Gasteiger partial charge is 0.310 e. The molecule has 2 aromatic carbocycles. The number of rotatable bonds is 4. The second-order valence-corrected chi connectivity index (χ2v) is 7.53. The third-order valence-corrected chi connectivity index (χ3v) is 5.33. The topological polar surface area (TPSA) is 46.6 Å². The molecular formula is C20H21NO3S. The third-order valence-electron chi connectivity index (χ3n) is 4.09. The minimum atomic E-state index is -0.384. The number of para-hydroxylation sites is 1. The van der Waals surface area contributed by atoms with Crippen LogP contribution in [0.5, 0.6) is 0 Å². The first kappa shape index (κ1) is 17.5. The molecule has 1 aliphatic rings. The highest BCUT2D eigenvalue weighted by Crippen LogP contribution is 2.37. The van der Waals surface area contributed by atoms with Gasteiger partial charge in [-0.05, 0) is 24.1 Å². The Hall–Kier alpha value is -2.27. The molecule has 3 rings (SSSR count). The molecule has 0 saturated carbocycles. The van der Waals surface area contributed by atoms with Crippen LogP contribution < -0.4 is 4.90 Å². The second-order valence-electron chi connectivity index (χ2n) is 6.05. The highest BCUT2D eigenvalue weighted by Gasteiger charge is 2.24. The molecule has 0 fully saturated rings. The van der Waals surface area contributed by atoms with Crippen molar-refractivity contribution >= 4 is 29.3 Å². The van der Waals surface area contributed by atoms with Gasteiger partial charge in [-0.15, -0.1) is 11.8 Å². The van der Waals surface area contributed by atoms with Crippen molar-refractivity contribution in [3.63, 3.8) is 0 Å². The number of anilines is 1. The lowest BCUT2D eigenvalue weighted by Crippen LogP contribution is -2.36. The summed E-state index contributed by atoms with van der Waals surface area (Å²) in [6.07, 6.45) is 1.08. The Bertz CT molecular complexity index is 748. The van der Waals surface area contributed by atoms with Crippen LogP contribution in [0.2, 0.25) is 0 Å². The van der Waals surface area contributed by atoms with Gasteiger partial charge in [-0.1, -0.05) is 49.4 Å². The molecule has 1 amide bonds. The Kier molecular flexibility index (Phi) is 5.76. The zero-order valence-electron chi connectivity index (χ0n) is 14.2. The Morgan fingerprint density at radius 1 is 1.12 bits per heavy atom. The summed E-state index contributed by atoms with van der Waals surface area (Å²) >= 11 is 1.78. The molecule has 1 aliphatic heterocycles. The summed E-state index contributed by atoms with van der Waals surface area (Å²) in [6.45, 7) is 2.58. The molecule has 1 atom stereocenters. The molecule has 0 saturated heterocycles. The van der Waals surface area contributed by atoms with Crippen LogP contribution in [-0.2, 0) is 20.7 Å². The van der Waals surface area contributed by atoms with Crippen LogP contribution >= 0.6 is 11.8 Å². The number of carbonyl (C=O) groups excluding carboxylic acids is 2. The number of hydrogen-bond donors (Lipinski definition) is 0. The number of esters is 1. The molecular weight excluding hydrogens is 334 g/mol. The molecule has 0 N–H and O–H groups in total. The number of carbonyl (C=O) groups is 2. The van der Waals surface area contributed by atoms with Gasteiger partial charge in [0.15, 0.2) is 6.61 Å². The van der Waals surface area contributed by atoms with E-state index < -0.39 is 0 Å². The standard InChI is InChI=1S/C20H21NO3S/c1-15-11-12-21(17-9-5-6-10-18(17)25-15)19(22)14-24-20(23)13-16-7-3-2-4-8-16/h2-10,15H,11-14H2,1H3. The van der Waals surface area contributed by atoms with Crippen molar-refractivity contribution in [2.45, 2.75) is 29.9 Å². The number of hydrogen-bond acceptors (Lipinski definition) is 4. The molecule has 5 heteroatoms. The van der Waals surface area contributed by atoms with E-state index in [1.807, 2.05) is 54.6 Å². The number of thioether (sulfide) groups is 1. The molecule has 0 radical (unpaired) electrons. The van der Waals surface area contributed by atoms with Crippen molar-refractivity contribution in [3.05, 3.63) is 60.2 Å². The van der Waals surface area contributed by atoms with Crippen molar-refractivity contribution in [3.8, 4) is 0 Å². The van der Waals surface area contributed by atoms with E-state index in [1.54, 1.807) is 16.7 Å². The third kappa shape index (κ3) is 4.63. The van der Waals surface area contributed by atoms with Gasteiger partial charge >= 0.3 is 5.97 Å². The molecule has 4 nitrogen and oxygen atoms in total. The van der Waals surface area contributed by atoms with Crippen LogP contribution in [-0.4, -0.2) is 30.3 Å². The number of ether oxygens (including phenoxy) is 1. The van der Waals surface area contributed by atoms with E-state index in [2.05, 4.69) is 6.92 Å². The van der Waals surface area contributed by atoms with E-state index in [1.165, 1.54) is 0 Å². The Morgan fingerprint density at radius 3 is 2.64 bits per heavy atom. The lowest BCUT2D eigenvalue weighted by Gasteiger charge is -2.22. The van der Waals surface area contributed by atoms with Crippen LogP contribution in [0.4, 0.5) is 5.69 Å². The predicted molar refractivity (Wildman–Crippen MR) is 99.8 cm³/mol. The summed E-state index contributed by atoms with van der Waals surface area (Å²) in [4.78, 5) is 27.4. The highest BCUT2D eigenvalue weighted by atomic mass is 32.2. The highest BCUT2D eigenvalue weighted by molar-refractivity contribution is 8.00. The van der Waals surface area contributed by atoms with Crippen LogP contribution in [0.3, 0.4) is 0 Å². The number of fused-ring (bicyclic) bond motifs is 1. The van der Waals surface area contributed by atoms with Crippen molar-refractivity contribution in [2.75, 3.05) is 18.1 Å². The van der Waals surface area contributed by atoms with Crippen LogP contribution in [0.1, 0.15) is 18.9 Å². The van der Waals surface area contributed by atoms with Gasteiger partial charge in [-0.2, -0.15) is 0 Å². The Labute approximate surface area is 152 Å². The quantitative estimate of drug-likeness (QED) is 0.785. The zero-order valence-corrected chi connectivity index (χ0v) is 15.0. The number of amides is 1. The first-order chi connectivity index (χ1) is 12.1. The maximum atomic E-state index is 12.6. The average Bonchev–Trinajstić information content (AvgIpc) is 2.79. The predicted octanol–water partition coefficient (Wildman–Crippen LogP) is 3.69. The first-order valence-electron chi connectivity index (χ1n) is 8.39. The molecule has 25 heavy (non-hydrogen) atoms. The van der Waals surface area contributed by atoms with E-state index in [-0.39, 0.29) is 24.9 Å². The molecule has 0 aromatic heterocycles. The SMILES string of the molecule is CC1CCN(C(=O)COC(=O)Cc2ccccc2)c2ccccc2S1. The second kappa shape index (κ2) is 8.21. The lowest BCUT2D eigenvalue weighted by molar-refractivity contribution is -0.147. The molecule has 2 aromatic rings. The monoisotopic (exact) mass is 355 g/mol. The lowest BCUT2D eigenvalue weighted by atomic mass is 10.2. The number of nitrogens with zero attached hydrogens (tertiary/aromatic N) is 1. The van der Waals surface area contributed by atoms with Crippen molar-refractivity contribution in [1.29, 1.82) is 0 Å². The molecule has 1 unspecified atom stereocenters. The van der Waals surface area contributed by atoms with E-state index in [9.17, 15) is 9.59 Å². The van der Waals surface area contributed by atoms with Gasteiger partial charge < -0.3 is 9.64 Å². The van der Waals surface area contributed by atoms with Gasteiger partial charge in [0, 0.05) is 16.7 Å². The van der Waals surface area contributed by atoms with Gasteiger partial charge in [0.1, 0.15) is 0 Å². The number of benzene rings is 2. The Balaban J connectivity index is 1.62. The first-order valence-corrected chi connectivity index (χ1v) is 9.27. The fraction of sp³-hybridized carbons (Fsp3) is 0.300. The summed E-state index contributed by atoms with van der Waals surface area (Å²) in [7, 11) is 0.